The molecular formula is C30H35N3O3. The van der Waals surface area contributed by atoms with E-state index < -0.39 is 0 Å². The lowest BCUT2D eigenvalue weighted by Gasteiger charge is -2.36. The summed E-state index contributed by atoms with van der Waals surface area (Å²) < 4.78 is 6.32. The molecule has 1 aliphatic heterocycles. The molecule has 3 aromatic carbocycles. The first kappa shape index (κ1) is 25.5. The number of carbonyl (C=O) groups excluding carboxylic acids is 2. The smallest absolute Gasteiger partial charge is 0.223 e. The molecule has 0 saturated carbocycles. The van der Waals surface area contributed by atoms with Crippen LogP contribution in [0.3, 0.4) is 0 Å². The predicted octanol–water partition coefficient (Wildman–Crippen LogP) is 4.40. The highest BCUT2D eigenvalue weighted by molar-refractivity contribution is 5.77. The number of carbonyl (C=O) groups is 2. The fourth-order valence-electron chi connectivity index (χ4n) is 4.64. The van der Waals surface area contributed by atoms with E-state index in [0.29, 0.717) is 25.1 Å². The monoisotopic (exact) mass is 485 g/mol. The first-order chi connectivity index (χ1) is 17.5. The number of nitrogens with one attached hydrogen (secondary N) is 2. The van der Waals surface area contributed by atoms with E-state index in [1.54, 1.807) is 0 Å². The molecule has 0 spiro atoms. The van der Waals surface area contributed by atoms with Gasteiger partial charge in [0, 0.05) is 51.1 Å². The van der Waals surface area contributed by atoms with Gasteiger partial charge in [0.2, 0.25) is 11.8 Å². The standard InChI is InChI=1S/C30H35N3O3/c1-22-12-14-29(26(18-22)20-32-23(2)34)36-28-11-7-6-10-25(28)13-15-30(35)33-17-16-31-21-27(33)19-24-8-4-3-5-9-24/h3-12,14,18,27,31H,13,15-17,19-21H2,1-2H3,(H,32,34)/t27-/m1/s1. The van der Waals surface area contributed by atoms with Crippen molar-refractivity contribution in [2.45, 2.75) is 45.7 Å². The molecule has 4 rings (SSSR count). The minimum atomic E-state index is -0.0835. The summed E-state index contributed by atoms with van der Waals surface area (Å²) in [5.74, 6) is 1.53. The Kier molecular flexibility index (Phi) is 8.74. The van der Waals surface area contributed by atoms with Gasteiger partial charge in [0.15, 0.2) is 0 Å². The molecule has 188 valence electrons. The zero-order valence-corrected chi connectivity index (χ0v) is 21.1. The molecule has 36 heavy (non-hydrogen) atoms. The highest BCUT2D eigenvalue weighted by Crippen LogP contribution is 2.30. The van der Waals surface area contributed by atoms with E-state index in [1.807, 2.05) is 72.5 Å². The van der Waals surface area contributed by atoms with Gasteiger partial charge in [-0.3, -0.25) is 9.59 Å². The van der Waals surface area contributed by atoms with Crippen molar-refractivity contribution in [3.63, 3.8) is 0 Å². The van der Waals surface area contributed by atoms with E-state index in [2.05, 4.69) is 22.8 Å². The van der Waals surface area contributed by atoms with Crippen LogP contribution in [0.5, 0.6) is 11.5 Å². The van der Waals surface area contributed by atoms with Gasteiger partial charge in [-0.25, -0.2) is 0 Å². The second-order valence-corrected chi connectivity index (χ2v) is 9.37. The first-order valence-corrected chi connectivity index (χ1v) is 12.6. The normalized spacial score (nSPS) is 15.4. The maximum Gasteiger partial charge on any atom is 0.223 e. The van der Waals surface area contributed by atoms with Crippen molar-refractivity contribution in [3.05, 3.63) is 95.1 Å². The van der Waals surface area contributed by atoms with Gasteiger partial charge in [0.05, 0.1) is 0 Å². The summed E-state index contributed by atoms with van der Waals surface area (Å²) in [5, 5.41) is 6.29. The van der Waals surface area contributed by atoms with Crippen molar-refractivity contribution in [1.82, 2.24) is 15.5 Å². The molecule has 1 fully saturated rings. The van der Waals surface area contributed by atoms with Gasteiger partial charge in [-0.15, -0.1) is 0 Å². The molecule has 1 aliphatic rings. The Morgan fingerprint density at radius 2 is 1.75 bits per heavy atom. The predicted molar refractivity (Wildman–Crippen MR) is 142 cm³/mol. The molecule has 0 unspecified atom stereocenters. The van der Waals surface area contributed by atoms with E-state index in [9.17, 15) is 9.59 Å². The number of ether oxygens (including phenoxy) is 1. The van der Waals surface area contributed by atoms with Crippen LogP contribution in [0.4, 0.5) is 0 Å². The fraction of sp³-hybridized carbons (Fsp3) is 0.333. The van der Waals surface area contributed by atoms with Crippen molar-refractivity contribution in [2.75, 3.05) is 19.6 Å². The number of hydrogen-bond donors (Lipinski definition) is 2. The van der Waals surface area contributed by atoms with Gasteiger partial charge in [0.1, 0.15) is 11.5 Å². The average Bonchev–Trinajstić information content (AvgIpc) is 2.89. The van der Waals surface area contributed by atoms with Crippen LogP contribution in [0, 0.1) is 6.92 Å². The Hall–Kier alpha value is -3.64. The van der Waals surface area contributed by atoms with Crippen LogP contribution < -0.4 is 15.4 Å². The van der Waals surface area contributed by atoms with Crippen LogP contribution in [0.25, 0.3) is 0 Å². The molecule has 1 atom stereocenters. The van der Waals surface area contributed by atoms with E-state index in [0.717, 1.165) is 48.5 Å². The molecule has 1 heterocycles. The first-order valence-electron chi connectivity index (χ1n) is 12.6. The molecular weight excluding hydrogens is 450 g/mol. The summed E-state index contributed by atoms with van der Waals surface area (Å²) in [4.78, 5) is 26.8. The largest absolute Gasteiger partial charge is 0.457 e. The zero-order valence-electron chi connectivity index (χ0n) is 21.1. The SMILES string of the molecule is CC(=O)NCc1cc(C)ccc1Oc1ccccc1CCC(=O)N1CCNC[C@H]1Cc1ccccc1. The number of para-hydroxylation sites is 1. The number of piperazine rings is 1. The second kappa shape index (κ2) is 12.4. The van der Waals surface area contributed by atoms with Crippen molar-refractivity contribution >= 4 is 11.8 Å². The van der Waals surface area contributed by atoms with Crippen LogP contribution in [-0.2, 0) is 29.0 Å². The fourth-order valence-corrected chi connectivity index (χ4v) is 4.64. The topological polar surface area (TPSA) is 70.7 Å². The molecule has 2 amide bonds. The van der Waals surface area contributed by atoms with Gasteiger partial charge in [0.25, 0.3) is 0 Å². The summed E-state index contributed by atoms with van der Waals surface area (Å²) in [6.45, 7) is 6.28. The molecule has 0 aromatic heterocycles. The minimum absolute atomic E-state index is 0.0835. The Bertz CT molecular complexity index is 1180. The van der Waals surface area contributed by atoms with Crippen molar-refractivity contribution in [2.24, 2.45) is 0 Å². The molecule has 3 aromatic rings. The third-order valence-corrected chi connectivity index (χ3v) is 6.53. The van der Waals surface area contributed by atoms with E-state index in [4.69, 9.17) is 4.74 Å². The quantitative estimate of drug-likeness (QED) is 0.471. The van der Waals surface area contributed by atoms with Crippen LogP contribution in [-0.4, -0.2) is 42.4 Å². The summed E-state index contributed by atoms with van der Waals surface area (Å²) >= 11 is 0. The summed E-state index contributed by atoms with van der Waals surface area (Å²) in [6, 6.07) is 24.3. The lowest BCUT2D eigenvalue weighted by molar-refractivity contribution is -0.134. The molecule has 6 heteroatoms. The number of hydrogen-bond acceptors (Lipinski definition) is 4. The average molecular weight is 486 g/mol. The van der Waals surface area contributed by atoms with Crippen molar-refractivity contribution in [1.29, 1.82) is 0 Å². The lowest BCUT2D eigenvalue weighted by Crippen LogP contribution is -2.54. The third kappa shape index (κ3) is 6.95. The van der Waals surface area contributed by atoms with Crippen molar-refractivity contribution < 1.29 is 14.3 Å². The summed E-state index contributed by atoms with van der Waals surface area (Å²) in [6.07, 6.45) is 1.88. The number of amides is 2. The molecule has 0 bridgehead atoms. The molecule has 1 saturated heterocycles. The minimum Gasteiger partial charge on any atom is -0.457 e. The number of rotatable bonds is 9. The molecule has 2 N–H and O–H groups in total. The zero-order chi connectivity index (χ0) is 25.3. The van der Waals surface area contributed by atoms with Crippen LogP contribution >= 0.6 is 0 Å². The third-order valence-electron chi connectivity index (χ3n) is 6.53. The lowest BCUT2D eigenvalue weighted by atomic mass is 10.0. The Morgan fingerprint density at radius 1 is 1.00 bits per heavy atom. The highest BCUT2D eigenvalue weighted by atomic mass is 16.5. The Morgan fingerprint density at radius 3 is 2.56 bits per heavy atom. The maximum atomic E-state index is 13.3. The number of benzene rings is 3. The summed E-state index contributed by atoms with van der Waals surface area (Å²) in [5.41, 5.74) is 4.26. The number of aryl methyl sites for hydroxylation is 2. The van der Waals surface area contributed by atoms with Gasteiger partial charge < -0.3 is 20.3 Å². The van der Waals surface area contributed by atoms with Gasteiger partial charge >= 0.3 is 0 Å². The van der Waals surface area contributed by atoms with E-state index in [-0.39, 0.29) is 17.9 Å². The van der Waals surface area contributed by atoms with Crippen molar-refractivity contribution in [3.8, 4) is 11.5 Å². The Labute approximate surface area is 213 Å². The van der Waals surface area contributed by atoms with Crippen LogP contribution in [0.1, 0.15) is 35.6 Å². The maximum absolute atomic E-state index is 13.3. The molecule has 0 radical (unpaired) electrons. The van der Waals surface area contributed by atoms with Gasteiger partial charge in [-0.05, 0) is 43.0 Å². The van der Waals surface area contributed by atoms with E-state index in [1.165, 1.54) is 12.5 Å². The second-order valence-electron chi connectivity index (χ2n) is 9.37. The van der Waals surface area contributed by atoms with Gasteiger partial charge in [-0.1, -0.05) is 66.2 Å². The molecule has 0 aliphatic carbocycles. The van der Waals surface area contributed by atoms with Crippen LogP contribution in [0.2, 0.25) is 0 Å². The highest BCUT2D eigenvalue weighted by Gasteiger charge is 2.26. The molecule has 6 nitrogen and oxygen atoms in total. The Balaban J connectivity index is 1.43. The van der Waals surface area contributed by atoms with Crippen LogP contribution in [0.15, 0.2) is 72.8 Å². The number of nitrogens with zero attached hydrogens (tertiary/aromatic N) is 1. The summed E-state index contributed by atoms with van der Waals surface area (Å²) in [7, 11) is 0. The van der Waals surface area contributed by atoms with Gasteiger partial charge in [-0.2, -0.15) is 0 Å². The van der Waals surface area contributed by atoms with E-state index >= 15 is 0 Å².